The van der Waals surface area contributed by atoms with Gasteiger partial charge in [-0.25, -0.2) is 0 Å². The number of allylic oxidation sites excluding steroid dienone is 2. The van der Waals surface area contributed by atoms with Crippen LogP contribution < -0.4 is 0 Å². The molecule has 0 aliphatic carbocycles. The van der Waals surface area contributed by atoms with Crippen molar-refractivity contribution in [3.05, 3.63) is 12.2 Å². The number of ether oxygens (including phenoxy) is 3. The van der Waals surface area contributed by atoms with Gasteiger partial charge < -0.3 is 14.2 Å². The highest BCUT2D eigenvalue weighted by atomic mass is 16.6. The van der Waals surface area contributed by atoms with Crippen molar-refractivity contribution in [3.8, 4) is 0 Å². The Morgan fingerprint density at radius 2 is 0.635 bits per heavy atom. The minimum absolute atomic E-state index is 0.0688. The summed E-state index contributed by atoms with van der Waals surface area (Å²) < 4.78 is 16.7. The van der Waals surface area contributed by atoms with E-state index in [1.165, 1.54) is 141 Å². The van der Waals surface area contributed by atoms with Crippen LogP contribution in [0.3, 0.4) is 0 Å². The first-order valence-electron chi connectivity index (χ1n) is 22.7. The molecule has 0 radical (unpaired) electrons. The molecule has 1 atom stereocenters. The topological polar surface area (TPSA) is 78.9 Å². The van der Waals surface area contributed by atoms with Crippen LogP contribution in [0.4, 0.5) is 0 Å². The first-order chi connectivity index (χ1) is 25.5. The minimum atomic E-state index is -0.763. The van der Waals surface area contributed by atoms with Gasteiger partial charge in [0.05, 0.1) is 0 Å². The number of esters is 3. The quantitative estimate of drug-likeness (QED) is 0.0269. The maximum atomic E-state index is 12.7. The molecule has 0 heterocycles. The van der Waals surface area contributed by atoms with E-state index in [0.717, 1.165) is 64.2 Å². The Morgan fingerprint density at radius 1 is 0.365 bits per heavy atom. The van der Waals surface area contributed by atoms with Crippen LogP contribution in [0.25, 0.3) is 0 Å². The highest BCUT2D eigenvalue weighted by Crippen LogP contribution is 2.15. The van der Waals surface area contributed by atoms with Crippen LogP contribution in [0.15, 0.2) is 12.2 Å². The molecule has 0 N–H and O–H groups in total. The summed E-state index contributed by atoms with van der Waals surface area (Å²) in [5, 5.41) is 0. The van der Waals surface area contributed by atoms with E-state index in [1.807, 2.05) is 0 Å². The molecular formula is C46H86O6. The normalized spacial score (nSPS) is 12.0. The van der Waals surface area contributed by atoms with Gasteiger partial charge in [0.1, 0.15) is 13.2 Å². The lowest BCUT2D eigenvalue weighted by atomic mass is 10.0. The Labute approximate surface area is 322 Å². The number of carbonyl (C=O) groups excluding carboxylic acids is 3. The fourth-order valence-corrected chi connectivity index (χ4v) is 6.55. The number of hydrogen-bond donors (Lipinski definition) is 0. The molecule has 0 rings (SSSR count). The van der Waals surface area contributed by atoms with Gasteiger partial charge in [0, 0.05) is 19.3 Å². The predicted molar refractivity (Wildman–Crippen MR) is 220 cm³/mol. The van der Waals surface area contributed by atoms with Gasteiger partial charge in [0.2, 0.25) is 0 Å². The van der Waals surface area contributed by atoms with Crippen LogP contribution in [0.2, 0.25) is 0 Å². The van der Waals surface area contributed by atoms with E-state index < -0.39 is 6.10 Å². The summed E-state index contributed by atoms with van der Waals surface area (Å²) in [6.45, 7) is 6.59. The molecule has 0 aliphatic heterocycles. The summed E-state index contributed by atoms with van der Waals surface area (Å²) in [5.41, 5.74) is 0. The van der Waals surface area contributed by atoms with Gasteiger partial charge in [-0.15, -0.1) is 0 Å². The molecule has 0 aliphatic rings. The average molecular weight is 735 g/mol. The van der Waals surface area contributed by atoms with E-state index in [2.05, 4.69) is 32.9 Å². The van der Waals surface area contributed by atoms with Gasteiger partial charge >= 0.3 is 17.9 Å². The van der Waals surface area contributed by atoms with Crippen LogP contribution in [0.1, 0.15) is 245 Å². The van der Waals surface area contributed by atoms with Gasteiger partial charge in [0.25, 0.3) is 0 Å². The van der Waals surface area contributed by atoms with Crippen LogP contribution >= 0.6 is 0 Å². The second-order valence-corrected chi connectivity index (χ2v) is 15.3. The summed E-state index contributed by atoms with van der Waals surface area (Å²) >= 11 is 0. The molecular weight excluding hydrogens is 648 g/mol. The molecule has 1 unspecified atom stereocenters. The molecule has 306 valence electrons. The first-order valence-corrected chi connectivity index (χ1v) is 22.7. The molecule has 0 bridgehead atoms. The molecule has 52 heavy (non-hydrogen) atoms. The van der Waals surface area contributed by atoms with Crippen LogP contribution in [-0.2, 0) is 28.6 Å². The van der Waals surface area contributed by atoms with Gasteiger partial charge in [-0.1, -0.05) is 193 Å². The monoisotopic (exact) mass is 735 g/mol. The average Bonchev–Trinajstić information content (AvgIpc) is 3.14. The van der Waals surface area contributed by atoms with E-state index in [4.69, 9.17) is 14.2 Å². The fourth-order valence-electron chi connectivity index (χ4n) is 6.55. The molecule has 0 spiro atoms. The molecule has 6 nitrogen and oxygen atoms in total. The molecule has 0 saturated carbocycles. The van der Waals surface area contributed by atoms with Crippen molar-refractivity contribution in [1.82, 2.24) is 0 Å². The third kappa shape index (κ3) is 39.4. The van der Waals surface area contributed by atoms with Crippen LogP contribution in [0.5, 0.6) is 0 Å². The Balaban J connectivity index is 4.32. The third-order valence-electron chi connectivity index (χ3n) is 10.0. The zero-order valence-corrected chi connectivity index (χ0v) is 34.8. The minimum Gasteiger partial charge on any atom is -0.462 e. The van der Waals surface area contributed by atoms with E-state index in [1.54, 1.807) is 0 Å². The first kappa shape index (κ1) is 50.1. The standard InChI is InChI=1S/C46H86O6/c1-4-7-10-13-16-19-21-23-25-27-30-33-36-39-45(48)51-42-43(41-50-44(47)38-35-32-29-18-15-12-9-6-3)52-46(49)40-37-34-31-28-26-24-22-20-17-14-11-8-5-2/h19,21,43H,4-18,20,22-42H2,1-3H3/b21-19-. The van der Waals surface area contributed by atoms with Crippen molar-refractivity contribution in [1.29, 1.82) is 0 Å². The molecule has 0 aromatic heterocycles. The zero-order valence-electron chi connectivity index (χ0n) is 34.8. The summed E-state index contributed by atoms with van der Waals surface area (Å²) in [7, 11) is 0. The van der Waals surface area contributed by atoms with E-state index in [-0.39, 0.29) is 31.1 Å². The smallest absolute Gasteiger partial charge is 0.306 e. The molecule has 0 amide bonds. The summed E-state index contributed by atoms with van der Waals surface area (Å²) in [4.78, 5) is 37.6. The highest BCUT2D eigenvalue weighted by molar-refractivity contribution is 5.71. The van der Waals surface area contributed by atoms with Gasteiger partial charge in [-0.05, 0) is 44.9 Å². The Kier molecular flexibility index (Phi) is 40.4. The Bertz CT molecular complexity index is 809. The second-order valence-electron chi connectivity index (χ2n) is 15.3. The van der Waals surface area contributed by atoms with Crippen molar-refractivity contribution >= 4 is 17.9 Å². The van der Waals surface area contributed by atoms with Crippen molar-refractivity contribution in [2.24, 2.45) is 0 Å². The predicted octanol–water partition coefficient (Wildman–Crippen LogP) is 14.3. The van der Waals surface area contributed by atoms with E-state index >= 15 is 0 Å². The number of rotatable bonds is 41. The van der Waals surface area contributed by atoms with Crippen molar-refractivity contribution < 1.29 is 28.6 Å². The maximum Gasteiger partial charge on any atom is 0.306 e. The summed E-state index contributed by atoms with van der Waals surface area (Å²) in [5.74, 6) is -0.874. The zero-order chi connectivity index (χ0) is 38.0. The third-order valence-corrected chi connectivity index (χ3v) is 10.0. The van der Waals surface area contributed by atoms with Gasteiger partial charge in [0.15, 0.2) is 6.10 Å². The maximum absolute atomic E-state index is 12.7. The van der Waals surface area contributed by atoms with E-state index in [0.29, 0.717) is 19.3 Å². The summed E-state index contributed by atoms with van der Waals surface area (Å²) in [6.07, 6.45) is 43.4. The lowest BCUT2D eigenvalue weighted by Gasteiger charge is -2.18. The lowest BCUT2D eigenvalue weighted by molar-refractivity contribution is -0.167. The SMILES string of the molecule is CCCCCC/C=C\CCCCCCCC(=O)OCC(COC(=O)CCCCCCCCCC)OC(=O)CCCCCCCCCCCCCCC. The Hall–Kier alpha value is -1.85. The molecule has 0 fully saturated rings. The Morgan fingerprint density at radius 3 is 0.981 bits per heavy atom. The van der Waals surface area contributed by atoms with Gasteiger partial charge in [-0.3, -0.25) is 14.4 Å². The highest BCUT2D eigenvalue weighted by Gasteiger charge is 2.19. The van der Waals surface area contributed by atoms with E-state index in [9.17, 15) is 14.4 Å². The fraction of sp³-hybridized carbons (Fsp3) is 0.891. The lowest BCUT2D eigenvalue weighted by Crippen LogP contribution is -2.30. The molecule has 0 saturated heterocycles. The largest absolute Gasteiger partial charge is 0.462 e. The van der Waals surface area contributed by atoms with Crippen molar-refractivity contribution in [3.63, 3.8) is 0 Å². The van der Waals surface area contributed by atoms with Crippen LogP contribution in [-0.4, -0.2) is 37.2 Å². The molecule has 0 aromatic rings. The van der Waals surface area contributed by atoms with Crippen molar-refractivity contribution in [2.45, 2.75) is 252 Å². The molecule has 0 aromatic carbocycles. The van der Waals surface area contributed by atoms with Crippen molar-refractivity contribution in [2.75, 3.05) is 13.2 Å². The van der Waals surface area contributed by atoms with Gasteiger partial charge in [-0.2, -0.15) is 0 Å². The number of hydrogen-bond acceptors (Lipinski definition) is 6. The number of unbranched alkanes of at least 4 members (excludes halogenated alkanes) is 28. The second kappa shape index (κ2) is 41.9. The van der Waals surface area contributed by atoms with Crippen LogP contribution in [0, 0.1) is 0 Å². The molecule has 6 heteroatoms. The summed E-state index contributed by atoms with van der Waals surface area (Å²) in [6, 6.07) is 0. The number of carbonyl (C=O) groups is 3.